The fourth-order valence-electron chi connectivity index (χ4n) is 2.24. The van der Waals surface area contributed by atoms with Crippen molar-refractivity contribution in [2.45, 2.75) is 13.8 Å². The van der Waals surface area contributed by atoms with E-state index in [1.807, 2.05) is 32.0 Å². The van der Waals surface area contributed by atoms with Crippen LogP contribution in [0.5, 0.6) is 0 Å². The van der Waals surface area contributed by atoms with Crippen molar-refractivity contribution in [2.75, 3.05) is 0 Å². The van der Waals surface area contributed by atoms with Crippen LogP contribution in [-0.4, -0.2) is 18.7 Å². The molecule has 2 aromatic heterocycles. The lowest BCUT2D eigenvalue weighted by Gasteiger charge is -2.09. The number of aromatic nitrogens is 4. The average molecular weight is 270 g/mol. The number of rotatable bonds is 1. The molecule has 102 valence electrons. The van der Waals surface area contributed by atoms with Gasteiger partial charge in [-0.2, -0.15) is 0 Å². The molecule has 1 aromatic carbocycles. The van der Waals surface area contributed by atoms with Crippen LogP contribution in [0.15, 0.2) is 40.2 Å². The van der Waals surface area contributed by atoms with E-state index in [0.29, 0.717) is 0 Å². The van der Waals surface area contributed by atoms with Gasteiger partial charge in [-0.1, -0.05) is 12.1 Å². The van der Waals surface area contributed by atoms with E-state index in [-0.39, 0.29) is 16.9 Å². The minimum atomic E-state index is -0.329. The van der Waals surface area contributed by atoms with Crippen LogP contribution in [0.3, 0.4) is 0 Å². The molecule has 0 aliphatic carbocycles. The van der Waals surface area contributed by atoms with E-state index >= 15 is 0 Å². The van der Waals surface area contributed by atoms with E-state index in [1.165, 1.54) is 16.0 Å². The number of hydrogen-bond donors (Lipinski definition) is 0. The summed E-state index contributed by atoms with van der Waals surface area (Å²) in [6, 6.07) is 5.90. The van der Waals surface area contributed by atoms with Gasteiger partial charge in [0.15, 0.2) is 0 Å². The van der Waals surface area contributed by atoms with Crippen molar-refractivity contribution in [1.82, 2.24) is 18.7 Å². The minimum Gasteiger partial charge on any atom is -0.279 e. The molecule has 0 fully saturated rings. The molecule has 6 heteroatoms. The maximum atomic E-state index is 12.5. The maximum absolute atomic E-state index is 12.5. The molecule has 0 N–H and O–H groups in total. The lowest BCUT2D eigenvalue weighted by Crippen LogP contribution is -2.23. The first kappa shape index (κ1) is 12.4. The molecule has 0 unspecified atom stereocenters. The molecule has 3 rings (SSSR count). The lowest BCUT2D eigenvalue weighted by atomic mass is 10.1. The Kier molecular flexibility index (Phi) is 2.60. The highest BCUT2D eigenvalue weighted by Gasteiger charge is 2.11. The molecule has 0 saturated heterocycles. The molecule has 20 heavy (non-hydrogen) atoms. The fourth-order valence-corrected chi connectivity index (χ4v) is 2.24. The molecule has 0 spiro atoms. The summed E-state index contributed by atoms with van der Waals surface area (Å²) in [6.07, 6.45) is 3.16. The zero-order valence-electron chi connectivity index (χ0n) is 11.5. The van der Waals surface area contributed by atoms with Crippen LogP contribution >= 0.6 is 0 Å². The molecule has 2 heterocycles. The van der Waals surface area contributed by atoms with Crippen molar-refractivity contribution in [3.8, 4) is 5.69 Å². The number of hydrogen-bond acceptors (Lipinski definition) is 3. The van der Waals surface area contributed by atoms with Crippen molar-refractivity contribution in [3.05, 3.63) is 62.6 Å². The van der Waals surface area contributed by atoms with Gasteiger partial charge in [-0.25, -0.2) is 13.9 Å². The van der Waals surface area contributed by atoms with Crippen molar-refractivity contribution < 1.29 is 0 Å². The molecule has 6 nitrogen and oxygen atoms in total. The second-order valence-electron chi connectivity index (χ2n) is 4.86. The predicted octanol–water partition coefficient (Wildman–Crippen LogP) is 0.801. The van der Waals surface area contributed by atoms with E-state index in [0.717, 1.165) is 21.5 Å². The molecular weight excluding hydrogens is 256 g/mol. The summed E-state index contributed by atoms with van der Waals surface area (Å²) < 4.78 is 3.93. The van der Waals surface area contributed by atoms with Crippen LogP contribution in [0.2, 0.25) is 0 Å². The van der Waals surface area contributed by atoms with Gasteiger partial charge in [-0.3, -0.25) is 9.36 Å². The Morgan fingerprint density at radius 3 is 2.60 bits per heavy atom. The van der Waals surface area contributed by atoms with Gasteiger partial charge in [-0.05, 0) is 31.0 Å². The Labute approximate surface area is 114 Å². The van der Waals surface area contributed by atoms with Crippen LogP contribution in [0.1, 0.15) is 11.1 Å². The summed E-state index contributed by atoms with van der Waals surface area (Å²) in [6.45, 7) is 3.91. The second kappa shape index (κ2) is 4.19. The standard InChI is InChI=1S/C14H14N4O2/c1-9-4-5-10(2)11(8-9)17-6-7-18-12(13(17)19)15-16(3)14(18)20/h4-8H,1-3H3. The summed E-state index contributed by atoms with van der Waals surface area (Å²) in [7, 11) is 1.52. The molecule has 3 aromatic rings. The number of aryl methyl sites for hydroxylation is 3. The SMILES string of the molecule is Cc1ccc(C)c(-n2ccn3c(=O)n(C)nc3c2=O)c1. The molecule has 0 aliphatic heterocycles. The van der Waals surface area contributed by atoms with Crippen LogP contribution in [0.4, 0.5) is 0 Å². The van der Waals surface area contributed by atoms with Gasteiger partial charge in [0.05, 0.1) is 5.69 Å². The van der Waals surface area contributed by atoms with E-state index in [9.17, 15) is 9.59 Å². The van der Waals surface area contributed by atoms with E-state index in [1.54, 1.807) is 12.4 Å². The predicted molar refractivity (Wildman–Crippen MR) is 75.5 cm³/mol. The first-order chi connectivity index (χ1) is 9.49. The summed E-state index contributed by atoms with van der Waals surface area (Å²) in [5.74, 6) is 0. The Bertz CT molecular complexity index is 930. The molecule has 0 saturated carbocycles. The highest BCUT2D eigenvalue weighted by Crippen LogP contribution is 2.14. The fraction of sp³-hybridized carbons (Fsp3) is 0.214. The summed E-state index contributed by atoms with van der Waals surface area (Å²) in [4.78, 5) is 24.2. The van der Waals surface area contributed by atoms with Crippen LogP contribution in [0.25, 0.3) is 11.3 Å². The summed E-state index contributed by atoms with van der Waals surface area (Å²) in [5, 5.41) is 3.98. The highest BCUT2D eigenvalue weighted by atomic mass is 16.2. The van der Waals surface area contributed by atoms with E-state index in [2.05, 4.69) is 5.10 Å². The minimum absolute atomic E-state index is 0.126. The second-order valence-corrected chi connectivity index (χ2v) is 4.86. The third-order valence-corrected chi connectivity index (χ3v) is 3.35. The Morgan fingerprint density at radius 2 is 1.85 bits per heavy atom. The third-order valence-electron chi connectivity index (χ3n) is 3.35. The van der Waals surface area contributed by atoms with Gasteiger partial charge in [-0.15, -0.1) is 5.10 Å². The van der Waals surface area contributed by atoms with Crippen molar-refractivity contribution >= 4 is 5.65 Å². The van der Waals surface area contributed by atoms with Crippen molar-refractivity contribution in [1.29, 1.82) is 0 Å². The number of benzene rings is 1. The summed E-state index contributed by atoms with van der Waals surface area (Å²) >= 11 is 0. The maximum Gasteiger partial charge on any atom is 0.350 e. The Morgan fingerprint density at radius 1 is 1.10 bits per heavy atom. The van der Waals surface area contributed by atoms with Gasteiger partial charge >= 0.3 is 11.2 Å². The first-order valence-corrected chi connectivity index (χ1v) is 6.23. The lowest BCUT2D eigenvalue weighted by molar-refractivity contribution is 0.732. The average Bonchev–Trinajstić information content (AvgIpc) is 2.71. The van der Waals surface area contributed by atoms with Gasteiger partial charge in [0.25, 0.3) is 0 Å². The molecule has 0 radical (unpaired) electrons. The van der Waals surface area contributed by atoms with Gasteiger partial charge in [0, 0.05) is 19.4 Å². The molecule has 0 atom stereocenters. The van der Waals surface area contributed by atoms with Gasteiger partial charge < -0.3 is 0 Å². The Balaban J connectivity index is 2.38. The quantitative estimate of drug-likeness (QED) is 0.657. The molecule has 0 amide bonds. The van der Waals surface area contributed by atoms with Gasteiger partial charge in [0.2, 0.25) is 5.65 Å². The number of nitrogens with zero attached hydrogens (tertiary/aromatic N) is 4. The van der Waals surface area contributed by atoms with Crippen molar-refractivity contribution in [3.63, 3.8) is 0 Å². The van der Waals surface area contributed by atoms with Crippen LogP contribution in [-0.2, 0) is 7.05 Å². The first-order valence-electron chi connectivity index (χ1n) is 6.23. The third kappa shape index (κ3) is 1.69. The zero-order chi connectivity index (χ0) is 14.4. The molecule has 0 aliphatic rings. The smallest absolute Gasteiger partial charge is 0.279 e. The molecular formula is C14H14N4O2. The Hall–Kier alpha value is -2.63. The number of fused-ring (bicyclic) bond motifs is 1. The van der Waals surface area contributed by atoms with E-state index < -0.39 is 0 Å². The van der Waals surface area contributed by atoms with Crippen LogP contribution < -0.4 is 11.2 Å². The highest BCUT2D eigenvalue weighted by molar-refractivity contribution is 5.46. The van der Waals surface area contributed by atoms with Gasteiger partial charge in [0.1, 0.15) is 0 Å². The summed E-state index contributed by atoms with van der Waals surface area (Å²) in [5.41, 5.74) is 2.34. The van der Waals surface area contributed by atoms with E-state index in [4.69, 9.17) is 0 Å². The monoisotopic (exact) mass is 270 g/mol. The molecule has 0 bridgehead atoms. The van der Waals surface area contributed by atoms with Crippen molar-refractivity contribution in [2.24, 2.45) is 7.05 Å². The van der Waals surface area contributed by atoms with Crippen LogP contribution in [0, 0.1) is 13.8 Å². The topological polar surface area (TPSA) is 61.3 Å². The largest absolute Gasteiger partial charge is 0.350 e. The zero-order valence-corrected chi connectivity index (χ0v) is 11.5. The normalized spacial score (nSPS) is 11.2.